The number of nitrogens with zero attached hydrogens (tertiary/aromatic N) is 5. The van der Waals surface area contributed by atoms with Crippen molar-refractivity contribution in [1.82, 2.24) is 25.1 Å². The minimum Gasteiger partial charge on any atom is -0.492 e. The second-order valence-electron chi connectivity index (χ2n) is 7.54. The van der Waals surface area contributed by atoms with Gasteiger partial charge in [0.05, 0.1) is 12.8 Å². The SMILES string of the molecule is COc1c2c(cc3c1[C@H](c1nnnn1-c1c(C)cccc1C)N(C)CC3)OCO2. The van der Waals surface area contributed by atoms with Crippen molar-refractivity contribution >= 4 is 0 Å². The van der Waals surface area contributed by atoms with Crippen LogP contribution in [-0.2, 0) is 6.42 Å². The summed E-state index contributed by atoms with van der Waals surface area (Å²) in [4.78, 5) is 2.25. The molecule has 0 amide bonds. The van der Waals surface area contributed by atoms with Gasteiger partial charge in [-0.1, -0.05) is 18.2 Å². The van der Waals surface area contributed by atoms with Gasteiger partial charge in [0, 0.05) is 12.1 Å². The number of hydrogen-bond acceptors (Lipinski definition) is 7. The molecular weight excluding hydrogens is 370 g/mol. The van der Waals surface area contributed by atoms with Crippen LogP contribution in [0.4, 0.5) is 0 Å². The number of methoxy groups -OCH3 is 1. The Labute approximate surface area is 169 Å². The molecule has 0 saturated carbocycles. The molecule has 8 heteroatoms. The third kappa shape index (κ3) is 2.66. The second kappa shape index (κ2) is 6.73. The Balaban J connectivity index is 1.73. The number of likely N-dealkylation sites (N-methyl/N-ethyl adjacent to an activating group) is 1. The number of rotatable bonds is 3. The van der Waals surface area contributed by atoms with Gasteiger partial charge in [0.2, 0.25) is 12.5 Å². The number of para-hydroxylation sites is 1. The fourth-order valence-corrected chi connectivity index (χ4v) is 4.42. The Hall–Kier alpha value is -3.13. The van der Waals surface area contributed by atoms with Crippen LogP contribution in [0.15, 0.2) is 24.3 Å². The van der Waals surface area contributed by atoms with E-state index in [9.17, 15) is 0 Å². The van der Waals surface area contributed by atoms with E-state index in [1.807, 2.05) is 10.7 Å². The van der Waals surface area contributed by atoms with Crippen LogP contribution in [0.25, 0.3) is 5.69 Å². The Bertz CT molecular complexity index is 1070. The van der Waals surface area contributed by atoms with Gasteiger partial charge in [-0.05, 0) is 60.5 Å². The molecule has 3 aromatic rings. The zero-order valence-corrected chi connectivity index (χ0v) is 17.0. The smallest absolute Gasteiger partial charge is 0.231 e. The fraction of sp³-hybridized carbons (Fsp3) is 0.381. The van der Waals surface area contributed by atoms with Crippen LogP contribution in [-0.4, -0.2) is 52.6 Å². The second-order valence-corrected chi connectivity index (χ2v) is 7.54. The van der Waals surface area contributed by atoms with Crippen molar-refractivity contribution in [3.05, 3.63) is 52.3 Å². The highest BCUT2D eigenvalue weighted by Crippen LogP contribution is 2.50. The van der Waals surface area contributed by atoms with Crippen molar-refractivity contribution in [3.8, 4) is 22.9 Å². The summed E-state index contributed by atoms with van der Waals surface area (Å²) >= 11 is 0. The van der Waals surface area contributed by atoms with Crippen molar-refractivity contribution in [2.24, 2.45) is 0 Å². The van der Waals surface area contributed by atoms with Crippen LogP contribution in [0.2, 0.25) is 0 Å². The lowest BCUT2D eigenvalue weighted by Crippen LogP contribution is -2.35. The molecule has 1 aromatic heterocycles. The lowest BCUT2D eigenvalue weighted by molar-refractivity contribution is 0.170. The standard InChI is InChI=1S/C21H23N5O3/c1-12-6-5-7-13(2)17(12)26-21(22-23-24-26)18-16-14(8-9-25(18)3)10-15-19(20(16)27-4)29-11-28-15/h5-7,10,18H,8-9,11H2,1-4H3/t18-/m1/s1. The van der Waals surface area contributed by atoms with E-state index in [0.29, 0.717) is 11.5 Å². The van der Waals surface area contributed by atoms with Crippen LogP contribution >= 0.6 is 0 Å². The molecule has 150 valence electrons. The molecule has 3 heterocycles. The van der Waals surface area contributed by atoms with Crippen molar-refractivity contribution in [3.63, 3.8) is 0 Å². The maximum atomic E-state index is 5.82. The Morgan fingerprint density at radius 3 is 2.72 bits per heavy atom. The highest BCUT2D eigenvalue weighted by atomic mass is 16.7. The van der Waals surface area contributed by atoms with E-state index < -0.39 is 0 Å². The lowest BCUT2D eigenvalue weighted by atomic mass is 9.90. The van der Waals surface area contributed by atoms with Gasteiger partial charge in [-0.3, -0.25) is 4.90 Å². The molecule has 0 spiro atoms. The van der Waals surface area contributed by atoms with Gasteiger partial charge < -0.3 is 14.2 Å². The molecule has 2 aromatic carbocycles. The topological polar surface area (TPSA) is 74.5 Å². The summed E-state index contributed by atoms with van der Waals surface area (Å²) in [5, 5.41) is 12.8. The number of benzene rings is 2. The monoisotopic (exact) mass is 393 g/mol. The molecule has 8 nitrogen and oxygen atoms in total. The van der Waals surface area contributed by atoms with Gasteiger partial charge in [0.1, 0.15) is 6.04 Å². The molecule has 0 fully saturated rings. The fourth-order valence-electron chi connectivity index (χ4n) is 4.42. The van der Waals surface area contributed by atoms with E-state index in [-0.39, 0.29) is 12.8 Å². The van der Waals surface area contributed by atoms with Crippen LogP contribution in [0.3, 0.4) is 0 Å². The number of aryl methyl sites for hydroxylation is 2. The third-order valence-electron chi connectivity index (χ3n) is 5.79. The summed E-state index contributed by atoms with van der Waals surface area (Å²) in [5.74, 6) is 2.83. The first kappa shape index (κ1) is 17.9. The van der Waals surface area contributed by atoms with Crippen LogP contribution in [0, 0.1) is 13.8 Å². The number of fused-ring (bicyclic) bond motifs is 2. The summed E-state index contributed by atoms with van der Waals surface area (Å²) in [5.41, 5.74) is 5.45. The molecule has 5 rings (SSSR count). The van der Waals surface area contributed by atoms with E-state index >= 15 is 0 Å². The highest BCUT2D eigenvalue weighted by Gasteiger charge is 2.38. The number of hydrogen-bond donors (Lipinski definition) is 0. The normalized spacial score (nSPS) is 18.0. The molecular formula is C21H23N5O3. The molecule has 29 heavy (non-hydrogen) atoms. The van der Waals surface area contributed by atoms with Gasteiger partial charge in [0.15, 0.2) is 17.3 Å². The number of aromatic nitrogens is 4. The molecule has 0 radical (unpaired) electrons. The van der Waals surface area contributed by atoms with E-state index in [0.717, 1.165) is 46.9 Å². The van der Waals surface area contributed by atoms with Gasteiger partial charge in [-0.2, -0.15) is 4.68 Å². The van der Waals surface area contributed by atoms with Gasteiger partial charge in [-0.25, -0.2) is 0 Å². The summed E-state index contributed by atoms with van der Waals surface area (Å²) < 4.78 is 19.0. The zero-order chi connectivity index (χ0) is 20.1. The van der Waals surface area contributed by atoms with Crippen molar-refractivity contribution < 1.29 is 14.2 Å². The van der Waals surface area contributed by atoms with Crippen molar-refractivity contribution in [2.75, 3.05) is 27.5 Å². The maximum absolute atomic E-state index is 5.82. The first-order valence-corrected chi connectivity index (χ1v) is 9.64. The maximum Gasteiger partial charge on any atom is 0.231 e. The Morgan fingerprint density at radius 2 is 1.97 bits per heavy atom. The van der Waals surface area contributed by atoms with E-state index in [1.54, 1.807) is 7.11 Å². The largest absolute Gasteiger partial charge is 0.492 e. The zero-order valence-electron chi connectivity index (χ0n) is 17.0. The number of tetrazole rings is 1. The predicted octanol–water partition coefficient (Wildman–Crippen LogP) is 2.59. The van der Waals surface area contributed by atoms with Gasteiger partial charge in [-0.15, -0.1) is 5.10 Å². The first-order chi connectivity index (χ1) is 14.1. The highest BCUT2D eigenvalue weighted by molar-refractivity contribution is 5.63. The van der Waals surface area contributed by atoms with E-state index in [4.69, 9.17) is 14.2 Å². The van der Waals surface area contributed by atoms with Gasteiger partial charge in [0.25, 0.3) is 0 Å². The average Bonchev–Trinajstić information content (AvgIpc) is 3.36. The Kier molecular flexibility index (Phi) is 4.16. The molecule has 0 N–H and O–H groups in total. The predicted molar refractivity (Wildman–Crippen MR) is 106 cm³/mol. The molecule has 0 saturated heterocycles. The lowest BCUT2D eigenvalue weighted by Gasteiger charge is -2.35. The first-order valence-electron chi connectivity index (χ1n) is 9.64. The summed E-state index contributed by atoms with van der Waals surface area (Å²) in [7, 11) is 3.75. The number of ether oxygens (including phenoxy) is 3. The minimum absolute atomic E-state index is 0.169. The van der Waals surface area contributed by atoms with E-state index in [1.165, 1.54) is 5.56 Å². The molecule has 0 unspecified atom stereocenters. The molecule has 0 aliphatic carbocycles. The minimum atomic E-state index is -0.169. The van der Waals surface area contributed by atoms with Crippen molar-refractivity contribution in [1.29, 1.82) is 0 Å². The van der Waals surface area contributed by atoms with E-state index in [2.05, 4.69) is 59.5 Å². The van der Waals surface area contributed by atoms with Crippen molar-refractivity contribution in [2.45, 2.75) is 26.3 Å². The van der Waals surface area contributed by atoms with Crippen LogP contribution in [0.1, 0.15) is 34.1 Å². The molecule has 2 aliphatic rings. The van der Waals surface area contributed by atoms with Crippen LogP contribution < -0.4 is 14.2 Å². The molecule has 0 bridgehead atoms. The van der Waals surface area contributed by atoms with Gasteiger partial charge >= 0.3 is 0 Å². The summed E-state index contributed by atoms with van der Waals surface area (Å²) in [6.45, 7) is 5.23. The van der Waals surface area contributed by atoms with Crippen LogP contribution in [0.5, 0.6) is 17.2 Å². The molecule has 1 atom stereocenters. The molecule has 2 aliphatic heterocycles. The Morgan fingerprint density at radius 1 is 1.17 bits per heavy atom. The summed E-state index contributed by atoms with van der Waals surface area (Å²) in [6, 6.07) is 8.09. The average molecular weight is 393 g/mol. The quantitative estimate of drug-likeness (QED) is 0.677. The summed E-state index contributed by atoms with van der Waals surface area (Å²) in [6.07, 6.45) is 0.889. The third-order valence-corrected chi connectivity index (χ3v) is 5.79.